The van der Waals surface area contributed by atoms with Gasteiger partial charge in [-0.3, -0.25) is 10.00 Å². The molecule has 0 spiro atoms. The minimum atomic E-state index is 0.422. The van der Waals surface area contributed by atoms with Gasteiger partial charge in [-0.25, -0.2) is 4.98 Å². The molecule has 3 aromatic heterocycles. The molecule has 1 saturated heterocycles. The van der Waals surface area contributed by atoms with E-state index in [0.717, 1.165) is 35.3 Å². The summed E-state index contributed by atoms with van der Waals surface area (Å²) >= 11 is 1.73. The van der Waals surface area contributed by atoms with Crippen LogP contribution in [0.5, 0.6) is 0 Å². The Kier molecular flexibility index (Phi) is 3.56. The standard InChI is InChI=1S/C16H18N4OS/c1-11-18-14(10-22-11)15-3-2-8-20(15)9-12-4-5-16(21-12)13-6-7-17-19-13/h4-7,10,15H,2-3,8-9H2,1H3,(H,17,19). The van der Waals surface area contributed by atoms with Crippen molar-refractivity contribution < 1.29 is 4.42 Å². The number of likely N-dealkylation sites (tertiary alicyclic amines) is 1. The molecule has 1 atom stereocenters. The number of aromatic nitrogens is 3. The van der Waals surface area contributed by atoms with Gasteiger partial charge in [-0.05, 0) is 44.5 Å². The molecule has 1 fully saturated rings. The summed E-state index contributed by atoms with van der Waals surface area (Å²) in [5.41, 5.74) is 2.12. The predicted octanol–water partition coefficient (Wildman–Crippen LogP) is 3.77. The number of aromatic amines is 1. The molecule has 0 bridgehead atoms. The van der Waals surface area contributed by atoms with Crippen molar-refractivity contribution in [1.29, 1.82) is 0 Å². The molecular formula is C16H18N4OS. The lowest BCUT2D eigenvalue weighted by Gasteiger charge is -2.21. The molecule has 1 aliphatic rings. The Morgan fingerprint density at radius 3 is 3.14 bits per heavy atom. The third-order valence-electron chi connectivity index (χ3n) is 4.13. The highest BCUT2D eigenvalue weighted by molar-refractivity contribution is 7.09. The first-order valence-corrected chi connectivity index (χ1v) is 8.42. The minimum absolute atomic E-state index is 0.422. The molecule has 1 aliphatic heterocycles. The third-order valence-corrected chi connectivity index (χ3v) is 4.92. The normalized spacial score (nSPS) is 19.0. The third kappa shape index (κ3) is 2.60. The van der Waals surface area contributed by atoms with Gasteiger partial charge in [0, 0.05) is 11.6 Å². The fourth-order valence-electron chi connectivity index (χ4n) is 3.08. The number of hydrogen-bond acceptors (Lipinski definition) is 5. The molecule has 1 unspecified atom stereocenters. The van der Waals surface area contributed by atoms with Crippen LogP contribution < -0.4 is 0 Å². The molecule has 0 aromatic carbocycles. The van der Waals surface area contributed by atoms with Gasteiger partial charge in [0.2, 0.25) is 0 Å². The molecule has 5 nitrogen and oxygen atoms in total. The summed E-state index contributed by atoms with van der Waals surface area (Å²) in [6, 6.07) is 6.39. The maximum Gasteiger partial charge on any atom is 0.152 e. The summed E-state index contributed by atoms with van der Waals surface area (Å²) in [6.45, 7) is 3.99. The molecule has 0 amide bonds. The van der Waals surface area contributed by atoms with E-state index in [-0.39, 0.29) is 0 Å². The summed E-state index contributed by atoms with van der Waals surface area (Å²) in [5, 5.41) is 10.2. The molecule has 4 heterocycles. The van der Waals surface area contributed by atoms with Gasteiger partial charge in [0.1, 0.15) is 11.5 Å². The summed E-state index contributed by atoms with van der Waals surface area (Å²) in [6.07, 6.45) is 4.13. The van der Waals surface area contributed by atoms with Gasteiger partial charge in [-0.2, -0.15) is 5.10 Å². The van der Waals surface area contributed by atoms with Crippen molar-refractivity contribution in [3.05, 3.63) is 46.2 Å². The summed E-state index contributed by atoms with van der Waals surface area (Å²) in [4.78, 5) is 7.13. The Bertz CT molecular complexity index is 746. The van der Waals surface area contributed by atoms with E-state index in [2.05, 4.69) is 38.5 Å². The Morgan fingerprint density at radius 1 is 1.41 bits per heavy atom. The lowest BCUT2D eigenvalue weighted by molar-refractivity contribution is 0.226. The van der Waals surface area contributed by atoms with E-state index in [4.69, 9.17) is 4.42 Å². The van der Waals surface area contributed by atoms with Crippen LogP contribution in [-0.2, 0) is 6.54 Å². The van der Waals surface area contributed by atoms with Crippen molar-refractivity contribution in [2.45, 2.75) is 32.4 Å². The largest absolute Gasteiger partial charge is 0.458 e. The number of nitrogens with zero attached hydrogens (tertiary/aromatic N) is 3. The number of hydrogen-bond donors (Lipinski definition) is 1. The highest BCUT2D eigenvalue weighted by Gasteiger charge is 2.28. The van der Waals surface area contributed by atoms with E-state index in [1.807, 2.05) is 12.1 Å². The zero-order valence-corrected chi connectivity index (χ0v) is 13.3. The molecule has 0 saturated carbocycles. The lowest BCUT2D eigenvalue weighted by atomic mass is 10.1. The van der Waals surface area contributed by atoms with Gasteiger partial charge in [0.05, 0.1) is 23.3 Å². The molecule has 1 N–H and O–H groups in total. The molecule has 6 heteroatoms. The van der Waals surface area contributed by atoms with Gasteiger partial charge in [0.15, 0.2) is 5.76 Å². The van der Waals surface area contributed by atoms with Gasteiger partial charge < -0.3 is 4.42 Å². The van der Waals surface area contributed by atoms with Crippen molar-refractivity contribution >= 4 is 11.3 Å². The molecule has 0 radical (unpaired) electrons. The smallest absolute Gasteiger partial charge is 0.152 e. The van der Waals surface area contributed by atoms with Gasteiger partial charge in [-0.15, -0.1) is 11.3 Å². The first kappa shape index (κ1) is 13.7. The highest BCUT2D eigenvalue weighted by Crippen LogP contribution is 2.34. The van der Waals surface area contributed by atoms with E-state index in [9.17, 15) is 0 Å². The molecule has 0 aliphatic carbocycles. The van der Waals surface area contributed by atoms with Crippen LogP contribution in [-0.4, -0.2) is 26.6 Å². The fourth-order valence-corrected chi connectivity index (χ4v) is 3.74. The second-order valence-corrected chi connectivity index (χ2v) is 6.72. The second-order valence-electron chi connectivity index (χ2n) is 5.66. The summed E-state index contributed by atoms with van der Waals surface area (Å²) in [5.74, 6) is 1.83. The molecular weight excluding hydrogens is 296 g/mol. The van der Waals surface area contributed by atoms with Crippen molar-refractivity contribution in [3.8, 4) is 11.5 Å². The number of rotatable bonds is 4. The van der Waals surface area contributed by atoms with Crippen LogP contribution in [0.25, 0.3) is 11.5 Å². The predicted molar refractivity (Wildman–Crippen MR) is 85.5 cm³/mol. The topological polar surface area (TPSA) is 58.0 Å². The first-order valence-electron chi connectivity index (χ1n) is 7.54. The van der Waals surface area contributed by atoms with E-state index in [0.29, 0.717) is 6.04 Å². The average molecular weight is 314 g/mol. The Hall–Kier alpha value is -1.92. The van der Waals surface area contributed by atoms with Crippen molar-refractivity contribution in [1.82, 2.24) is 20.1 Å². The maximum atomic E-state index is 5.95. The van der Waals surface area contributed by atoms with Gasteiger partial charge in [-0.1, -0.05) is 0 Å². The van der Waals surface area contributed by atoms with E-state index in [1.165, 1.54) is 18.5 Å². The minimum Gasteiger partial charge on any atom is -0.458 e. The maximum absolute atomic E-state index is 5.95. The molecule has 4 rings (SSSR count). The molecule has 22 heavy (non-hydrogen) atoms. The van der Waals surface area contributed by atoms with Gasteiger partial charge >= 0.3 is 0 Å². The number of furan rings is 1. The summed E-state index contributed by atoms with van der Waals surface area (Å²) in [7, 11) is 0. The van der Waals surface area contributed by atoms with Crippen LogP contribution in [0.1, 0.15) is 35.3 Å². The zero-order valence-electron chi connectivity index (χ0n) is 12.5. The van der Waals surface area contributed by atoms with Crippen molar-refractivity contribution in [3.63, 3.8) is 0 Å². The highest BCUT2D eigenvalue weighted by atomic mass is 32.1. The van der Waals surface area contributed by atoms with Crippen LogP contribution in [0.2, 0.25) is 0 Å². The number of aryl methyl sites for hydroxylation is 1. The van der Waals surface area contributed by atoms with Crippen molar-refractivity contribution in [2.24, 2.45) is 0 Å². The number of H-pyrrole nitrogens is 1. The van der Waals surface area contributed by atoms with Crippen LogP contribution in [0, 0.1) is 6.92 Å². The Labute approximate surface area is 133 Å². The van der Waals surface area contributed by atoms with Gasteiger partial charge in [0.25, 0.3) is 0 Å². The zero-order chi connectivity index (χ0) is 14.9. The van der Waals surface area contributed by atoms with Crippen LogP contribution in [0.15, 0.2) is 34.2 Å². The molecule has 114 valence electrons. The monoisotopic (exact) mass is 314 g/mol. The Morgan fingerprint density at radius 2 is 2.36 bits per heavy atom. The SMILES string of the molecule is Cc1nc(C2CCCN2Cc2ccc(-c3ccn[nH]3)o2)cs1. The number of nitrogens with one attached hydrogen (secondary N) is 1. The molecule has 3 aromatic rings. The quantitative estimate of drug-likeness (QED) is 0.796. The van der Waals surface area contributed by atoms with Crippen LogP contribution >= 0.6 is 11.3 Å². The Balaban J connectivity index is 1.50. The van der Waals surface area contributed by atoms with E-state index >= 15 is 0 Å². The number of thiazole rings is 1. The second kappa shape index (κ2) is 5.70. The first-order chi connectivity index (χ1) is 10.8. The lowest BCUT2D eigenvalue weighted by Crippen LogP contribution is -2.22. The van der Waals surface area contributed by atoms with E-state index in [1.54, 1.807) is 17.5 Å². The average Bonchev–Trinajstić information content (AvgIpc) is 3.26. The van der Waals surface area contributed by atoms with E-state index < -0.39 is 0 Å². The summed E-state index contributed by atoms with van der Waals surface area (Å²) < 4.78 is 5.95. The van der Waals surface area contributed by atoms with Crippen LogP contribution in [0.4, 0.5) is 0 Å². The van der Waals surface area contributed by atoms with Crippen molar-refractivity contribution in [2.75, 3.05) is 6.54 Å². The van der Waals surface area contributed by atoms with Crippen LogP contribution in [0.3, 0.4) is 0 Å². The fraction of sp³-hybridized carbons (Fsp3) is 0.375.